The first kappa shape index (κ1) is 125. The van der Waals surface area contributed by atoms with Gasteiger partial charge < -0.3 is 20.1 Å². The van der Waals surface area contributed by atoms with Gasteiger partial charge in [-0.25, -0.2) is 61.5 Å². The van der Waals surface area contributed by atoms with Crippen molar-refractivity contribution in [3.8, 4) is 121 Å². The molecule has 706 valence electrons. The number of aliphatic hydroxyl groups excluding tert-OH is 1. The van der Waals surface area contributed by atoms with Crippen LogP contribution < -0.4 is 0 Å². The highest BCUT2D eigenvalue weighted by Gasteiger charge is 2.35. The largest absolute Gasteiger partial charge is 0.508 e. The van der Waals surface area contributed by atoms with Crippen LogP contribution >= 0.6 is 79.6 Å². The normalized spacial score (nSPS) is 11.1. The fourth-order valence-corrected chi connectivity index (χ4v) is 23.4. The van der Waals surface area contributed by atoms with Crippen molar-refractivity contribution in [1.82, 2.24) is 0 Å². The SMILES string of the molecule is CC#CC(C)CC(=O)O.CC#CC(C)CC(=O)OC.CC#CC(C)CCBr.CC#CC(C)CCBr.CC#CC(C)CCO.CC#CC(C)CCc1ccc(-c2cc(F)c(-c3cc(F)c(C(F)(F)Br)c(F)c3)c(F)c2)c(F)c1.CC(C)c1cc(F)c(Br)c(F)c1.Fc1cc(F)cc(-c2ccc(Br)cc2F)c1.Oc1ccc(-c2cc(F)c(F)c(F)c2)c(F)c1.S=S=S=S=S=S=S=S. The second-order valence-corrected chi connectivity index (χ2v) is 42.1. The molecule has 6 nitrogen and oxygen atoms in total. The first-order valence-corrected chi connectivity index (χ1v) is 52.5. The van der Waals surface area contributed by atoms with E-state index in [1.165, 1.54) is 61.3 Å². The predicted molar refractivity (Wildman–Crippen MR) is 531 cm³/mol. The first-order valence-electron chi connectivity index (χ1n) is 38.5. The number of aliphatic hydroxyl groups is 1. The van der Waals surface area contributed by atoms with E-state index in [2.05, 4.69) is 176 Å². The summed E-state index contributed by atoms with van der Waals surface area (Å²) in [6.45, 7) is 26.7. The lowest BCUT2D eigenvalue weighted by atomic mass is 9.95. The molecule has 6 atom stereocenters. The summed E-state index contributed by atoms with van der Waals surface area (Å²) in [5.74, 6) is 20.1. The van der Waals surface area contributed by atoms with Gasteiger partial charge in [-0.3, -0.25) is 9.59 Å². The van der Waals surface area contributed by atoms with Gasteiger partial charge >= 0.3 is 16.8 Å². The molecule has 0 amide bonds. The van der Waals surface area contributed by atoms with Crippen molar-refractivity contribution in [3.63, 3.8) is 0 Å². The summed E-state index contributed by atoms with van der Waals surface area (Å²) in [6, 6.07) is 21.2. The highest BCUT2D eigenvalue weighted by atomic mass is 79.9. The molecule has 0 bridgehead atoms. The van der Waals surface area contributed by atoms with E-state index in [1.807, 2.05) is 71.3 Å². The number of benzene rings is 8. The van der Waals surface area contributed by atoms with Gasteiger partial charge in [0.05, 0.1) is 30.0 Å². The van der Waals surface area contributed by atoms with E-state index in [1.54, 1.807) is 75.3 Å². The van der Waals surface area contributed by atoms with E-state index in [0.29, 0.717) is 76.9 Å². The van der Waals surface area contributed by atoms with Gasteiger partial charge in [0.25, 0.3) is 0 Å². The van der Waals surface area contributed by atoms with E-state index < -0.39 is 109 Å². The van der Waals surface area contributed by atoms with Crippen LogP contribution in [0.5, 0.6) is 5.75 Å². The second kappa shape index (κ2) is 70.5. The number of halogens is 21. The van der Waals surface area contributed by atoms with Crippen molar-refractivity contribution in [2.45, 2.75) is 153 Å². The molecule has 35 heteroatoms. The van der Waals surface area contributed by atoms with Crippen molar-refractivity contribution in [3.05, 3.63) is 228 Å². The molecule has 8 aromatic rings. The number of aromatic hydroxyl groups is 1. The average Bonchev–Trinajstić information content (AvgIpc) is 0.770. The molecule has 0 fully saturated rings. The maximum Gasteiger partial charge on any atom is 0.332 e. The van der Waals surface area contributed by atoms with Crippen LogP contribution in [0.4, 0.5) is 70.2 Å². The standard InChI is InChI=1S/C26H18BrF7.C12H6BrF3.C12H6F4O.C9H9BrF2.C8H12O2.2C7H11Br.C7H10O2.C7H12O.S8/c1-3-4-14(2)5-6-15-7-8-18(19(28)9-15)16-10-20(29)24(21(30)11-16)17-12-22(31)25(23(32)13-17)26(27,33)34;13-8-1-2-11(12(16)5-8)7-3-9(14)6-10(15)4-7;13-9-5-7(17)1-2-8(9)6-3-10(14)12(16)11(15)4-6;1-5(2)6-3-7(11)9(10)8(12)4-6;1-4-5-7(2)6-8(9)10-3;2*1-3-4-7(2)5-6-8;1-3-4-6(2)5-7(8)9;1-3-4-7(2)5-6-8;1-3-5-7-8-6-4-2/h7-14H,5-6H2,1-2H3;1-6H;1-5,17H;3-5H,1-2H3;7H,6H2,1-3H3;2*7H,5-6H2,1-2H3;6H,5H2,1-2H3,(H,8,9);7-8H,5-6H2,1-2H3;. The van der Waals surface area contributed by atoms with E-state index in [4.69, 9.17) is 15.3 Å². The highest BCUT2D eigenvalue weighted by molar-refractivity contribution is 9.11. The van der Waals surface area contributed by atoms with Crippen molar-refractivity contribution < 1.29 is 99.9 Å². The van der Waals surface area contributed by atoms with Crippen LogP contribution in [-0.2, 0) is 101 Å². The van der Waals surface area contributed by atoms with Crippen LogP contribution in [-0.4, -0.2) is 51.6 Å². The van der Waals surface area contributed by atoms with Gasteiger partial charge in [-0.2, -0.15) is 8.78 Å². The Bertz CT molecular complexity index is 5480. The number of rotatable bonds is 19. The summed E-state index contributed by atoms with van der Waals surface area (Å²) < 4.78 is 221. The Hall–Kier alpha value is -7.14. The molecule has 0 aliphatic carbocycles. The van der Waals surface area contributed by atoms with Crippen LogP contribution in [0.15, 0.2) is 130 Å². The fourth-order valence-electron chi connectivity index (χ4n) is 10.1. The van der Waals surface area contributed by atoms with Crippen molar-refractivity contribution >= 4 is 167 Å². The van der Waals surface area contributed by atoms with Crippen LogP contribution in [0, 0.1) is 188 Å². The lowest BCUT2D eigenvalue weighted by Gasteiger charge is -2.14. The number of methoxy groups -OCH3 is 1. The van der Waals surface area contributed by atoms with Crippen LogP contribution in [0.2, 0.25) is 0 Å². The van der Waals surface area contributed by atoms with Crippen LogP contribution in [0.3, 0.4) is 0 Å². The molecule has 0 saturated carbocycles. The van der Waals surface area contributed by atoms with Gasteiger partial charge in [0.2, 0.25) is 0 Å². The first-order chi connectivity index (χ1) is 61.2. The number of ether oxygens (including phenoxy) is 1. The topological polar surface area (TPSA) is 104 Å². The molecule has 0 spiro atoms. The Morgan fingerprint density at radius 1 is 0.438 bits per heavy atom. The van der Waals surface area contributed by atoms with Crippen LogP contribution in [0.25, 0.3) is 44.5 Å². The minimum atomic E-state index is -4.01. The van der Waals surface area contributed by atoms with Gasteiger partial charge in [0.1, 0.15) is 75.3 Å². The maximum atomic E-state index is 14.8. The summed E-state index contributed by atoms with van der Waals surface area (Å²) in [4.78, 5) is 16.6. The number of hydrogen-bond acceptors (Lipinski definition) is 7. The number of aryl methyl sites for hydroxylation is 1. The number of aliphatic carboxylic acids is 1. The molecule has 130 heavy (non-hydrogen) atoms. The molecular weight excluding hydrogens is 2200 g/mol. The minimum Gasteiger partial charge on any atom is -0.508 e. The number of phenols is 1. The highest BCUT2D eigenvalue weighted by Crippen LogP contribution is 2.41. The predicted octanol–water partition coefficient (Wildman–Crippen LogP) is 29.0. The zero-order chi connectivity index (χ0) is 99.5. The summed E-state index contributed by atoms with van der Waals surface area (Å²) in [7, 11) is 10.5. The number of carboxylic acid groups (broad SMARTS) is 1. The molecule has 0 radical (unpaired) electrons. The Morgan fingerprint density at radius 3 is 1.18 bits per heavy atom. The number of esters is 1. The van der Waals surface area contributed by atoms with E-state index in [0.717, 1.165) is 78.5 Å². The molecule has 0 heterocycles. The van der Waals surface area contributed by atoms with Gasteiger partial charge in [-0.15, -0.1) is 59.2 Å². The van der Waals surface area contributed by atoms with E-state index in [9.17, 15) is 79.8 Å². The fraction of sp³-hybridized carbons (Fsp3) is 0.347. The number of carboxylic acids is 1. The van der Waals surface area contributed by atoms with Crippen molar-refractivity contribution in [2.24, 2.45) is 35.5 Å². The van der Waals surface area contributed by atoms with Gasteiger partial charge in [-0.05, 0) is 236 Å². The van der Waals surface area contributed by atoms with Gasteiger partial charge in [-0.1, -0.05) is 133 Å². The molecule has 0 aromatic heterocycles. The number of carbonyl (C=O) groups is 2. The van der Waals surface area contributed by atoms with Gasteiger partial charge in [0.15, 0.2) is 17.5 Å². The number of phenolic OH excluding ortho intramolecular Hbond substituents is 1. The summed E-state index contributed by atoms with van der Waals surface area (Å²) >= 11 is 23.7. The Morgan fingerprint density at radius 2 is 0.808 bits per heavy atom. The molecule has 0 aliphatic heterocycles. The third kappa shape index (κ3) is 53.1. The maximum absolute atomic E-state index is 14.8. The molecule has 8 aromatic carbocycles. The Labute approximate surface area is 821 Å². The van der Waals surface area contributed by atoms with E-state index in [-0.39, 0.29) is 86.3 Å². The summed E-state index contributed by atoms with van der Waals surface area (Å²) in [5.41, 5.74) is -1.76. The zero-order valence-electron chi connectivity index (χ0n) is 72.9. The smallest absolute Gasteiger partial charge is 0.332 e. The zero-order valence-corrected chi connectivity index (χ0v) is 87.4. The quantitative estimate of drug-likeness (QED) is 0.0242. The Kier molecular flexibility index (Phi) is 67.8. The Balaban J connectivity index is 0. The molecule has 8 rings (SSSR count). The minimum absolute atomic E-state index is 0.0208. The molecule has 0 aliphatic rings. The third-order valence-corrected chi connectivity index (χ3v) is 29.9. The molecule has 6 unspecified atom stereocenters. The summed E-state index contributed by atoms with van der Waals surface area (Å²) in [5, 5.41) is 27.7. The number of carbonyl (C=O) groups excluding carboxylic acids is 1. The molecule has 0 saturated heterocycles. The molecular formula is C95H95Br5F16O6S8. The third-order valence-electron chi connectivity index (χ3n) is 16.2. The van der Waals surface area contributed by atoms with Gasteiger partial charge in [0, 0.05) is 162 Å². The second-order valence-electron chi connectivity index (χ2n) is 27.2. The van der Waals surface area contributed by atoms with Crippen molar-refractivity contribution in [1.29, 1.82) is 0 Å². The monoisotopic (exact) mass is 2290 g/mol. The van der Waals surface area contributed by atoms with Crippen molar-refractivity contribution in [2.75, 3.05) is 24.4 Å². The van der Waals surface area contributed by atoms with Crippen LogP contribution in [0.1, 0.15) is 158 Å². The van der Waals surface area contributed by atoms with E-state index >= 15 is 0 Å². The molecule has 3 N–H and O–H groups in total. The lowest BCUT2D eigenvalue weighted by Crippen LogP contribution is -2.10. The number of alkyl halides is 5. The summed E-state index contributed by atoms with van der Waals surface area (Å²) in [6.07, 6.45) is 4.90. The lowest BCUT2D eigenvalue weighted by molar-refractivity contribution is -0.141. The average molecular weight is 2290 g/mol. The number of hydrogen-bond donors (Lipinski definition) is 3.